The molecule has 0 unspecified atom stereocenters. The van der Waals surface area contributed by atoms with Crippen LogP contribution in [0.2, 0.25) is 0 Å². The first-order valence-corrected chi connectivity index (χ1v) is 11.6. The van der Waals surface area contributed by atoms with Crippen LogP contribution in [-0.4, -0.2) is 47.2 Å². The predicted molar refractivity (Wildman–Crippen MR) is 131 cm³/mol. The number of aliphatic carboxylic acids is 1. The lowest BCUT2D eigenvalue weighted by Crippen LogP contribution is -2.51. The van der Waals surface area contributed by atoms with E-state index in [0.29, 0.717) is 11.1 Å². The summed E-state index contributed by atoms with van der Waals surface area (Å²) in [5.41, 5.74) is 4.30. The van der Waals surface area contributed by atoms with Gasteiger partial charge in [-0.2, -0.15) is 0 Å². The fourth-order valence-corrected chi connectivity index (χ4v) is 5.15. The third-order valence-corrected chi connectivity index (χ3v) is 6.93. The van der Waals surface area contributed by atoms with Gasteiger partial charge in [0, 0.05) is 42.0 Å². The average Bonchev–Trinajstić information content (AvgIpc) is 2.85. The van der Waals surface area contributed by atoms with Gasteiger partial charge in [-0.25, -0.2) is 0 Å². The average molecular weight is 456 g/mol. The summed E-state index contributed by atoms with van der Waals surface area (Å²) in [5, 5.41) is 9.50. The molecule has 0 radical (unpaired) electrons. The van der Waals surface area contributed by atoms with Gasteiger partial charge in [-0.1, -0.05) is 78.9 Å². The first kappa shape index (κ1) is 23.6. The van der Waals surface area contributed by atoms with Crippen LogP contribution in [0.1, 0.15) is 43.3 Å². The molecule has 1 saturated heterocycles. The molecule has 1 N–H and O–H groups in total. The molecule has 0 aromatic heterocycles. The maximum Gasteiger partial charge on any atom is 0.317 e. The Kier molecular flexibility index (Phi) is 7.03. The van der Waals surface area contributed by atoms with Crippen LogP contribution in [0.5, 0.6) is 0 Å². The second-order valence-electron chi connectivity index (χ2n) is 9.08. The van der Waals surface area contributed by atoms with E-state index in [9.17, 15) is 19.5 Å². The normalized spacial score (nSPS) is 20.6. The van der Waals surface area contributed by atoms with Crippen LogP contribution in [-0.2, 0) is 4.79 Å². The molecule has 0 amide bonds. The molecule has 174 valence electrons. The molecule has 3 aromatic carbocycles. The highest BCUT2D eigenvalue weighted by atomic mass is 16.4. The summed E-state index contributed by atoms with van der Waals surface area (Å²) >= 11 is 0. The van der Waals surface area contributed by atoms with E-state index in [1.54, 1.807) is 29.2 Å². The number of piperidine rings is 1. The number of likely N-dealkylation sites (tertiary alicyclic amines) is 1. The van der Waals surface area contributed by atoms with Crippen molar-refractivity contribution in [3.8, 4) is 0 Å². The fourth-order valence-electron chi connectivity index (χ4n) is 5.15. The van der Waals surface area contributed by atoms with Gasteiger partial charge in [0.1, 0.15) is 0 Å². The highest BCUT2D eigenvalue weighted by Gasteiger charge is 2.45. The quantitative estimate of drug-likeness (QED) is 0.519. The smallest absolute Gasteiger partial charge is 0.317 e. The Balaban J connectivity index is 1.86. The van der Waals surface area contributed by atoms with Crippen LogP contribution in [0.25, 0.3) is 0 Å². The van der Waals surface area contributed by atoms with Crippen molar-refractivity contribution in [2.45, 2.75) is 19.8 Å². The first-order chi connectivity index (χ1) is 16.4. The highest BCUT2D eigenvalue weighted by Crippen LogP contribution is 2.42. The minimum Gasteiger partial charge on any atom is -0.480 e. The van der Waals surface area contributed by atoms with Gasteiger partial charge >= 0.3 is 5.97 Å². The molecule has 5 heteroatoms. The molecule has 1 aliphatic heterocycles. The largest absolute Gasteiger partial charge is 0.480 e. The van der Waals surface area contributed by atoms with Crippen molar-refractivity contribution >= 4 is 17.5 Å². The molecule has 3 aromatic rings. The molecule has 0 bridgehead atoms. The summed E-state index contributed by atoms with van der Waals surface area (Å²) in [5.74, 6) is -2.55. The number of rotatable bonds is 7. The molecule has 1 fully saturated rings. The number of carbonyl (C=O) groups is 3. The van der Waals surface area contributed by atoms with Crippen molar-refractivity contribution in [3.05, 3.63) is 107 Å². The van der Waals surface area contributed by atoms with Gasteiger partial charge in [0.25, 0.3) is 0 Å². The number of ketones is 2. The van der Waals surface area contributed by atoms with E-state index < -0.39 is 17.8 Å². The molecule has 3 atom stereocenters. The zero-order chi connectivity index (χ0) is 24.2. The van der Waals surface area contributed by atoms with E-state index in [2.05, 4.69) is 0 Å². The van der Waals surface area contributed by atoms with Crippen LogP contribution >= 0.6 is 0 Å². The number of carbonyl (C=O) groups excluding carboxylic acids is 2. The van der Waals surface area contributed by atoms with E-state index in [1.165, 1.54) is 0 Å². The minimum atomic E-state index is -0.970. The van der Waals surface area contributed by atoms with Crippen LogP contribution in [0.15, 0.2) is 78.9 Å². The third-order valence-electron chi connectivity index (χ3n) is 6.93. The molecule has 0 aliphatic carbocycles. The maximum absolute atomic E-state index is 13.8. The lowest BCUT2D eigenvalue weighted by atomic mass is 9.67. The Morgan fingerprint density at radius 1 is 0.765 bits per heavy atom. The molecule has 1 aliphatic rings. The Hall–Kier alpha value is -3.57. The zero-order valence-corrected chi connectivity index (χ0v) is 19.5. The Bertz CT molecular complexity index is 1130. The van der Waals surface area contributed by atoms with Crippen LogP contribution < -0.4 is 0 Å². The highest BCUT2D eigenvalue weighted by molar-refractivity contribution is 6.02. The van der Waals surface area contributed by atoms with Gasteiger partial charge in [0.15, 0.2) is 11.6 Å². The topological polar surface area (TPSA) is 74.7 Å². The summed E-state index contributed by atoms with van der Waals surface area (Å²) in [6, 6.07) is 24.2. The van der Waals surface area contributed by atoms with Gasteiger partial charge in [-0.15, -0.1) is 0 Å². The lowest BCUT2D eigenvalue weighted by molar-refractivity contribution is -0.139. The van der Waals surface area contributed by atoms with E-state index in [0.717, 1.165) is 16.7 Å². The van der Waals surface area contributed by atoms with Crippen LogP contribution in [0.3, 0.4) is 0 Å². The fraction of sp³-hybridized carbons (Fsp3) is 0.276. The summed E-state index contributed by atoms with van der Waals surface area (Å²) < 4.78 is 0. The first-order valence-electron chi connectivity index (χ1n) is 11.6. The van der Waals surface area contributed by atoms with Crippen molar-refractivity contribution in [1.82, 2.24) is 4.90 Å². The van der Waals surface area contributed by atoms with Crippen molar-refractivity contribution in [2.24, 2.45) is 11.8 Å². The van der Waals surface area contributed by atoms with Gasteiger partial charge in [0.2, 0.25) is 0 Å². The van der Waals surface area contributed by atoms with E-state index in [-0.39, 0.29) is 37.1 Å². The molecule has 5 nitrogen and oxygen atoms in total. The van der Waals surface area contributed by atoms with Crippen LogP contribution in [0, 0.1) is 25.7 Å². The van der Waals surface area contributed by atoms with E-state index in [4.69, 9.17) is 0 Å². The number of carboxylic acid groups (broad SMARTS) is 1. The molecule has 4 rings (SSSR count). The number of nitrogens with zero attached hydrogens (tertiary/aromatic N) is 1. The standard InChI is InChI=1S/C29H29NO4/c1-19-10-9-15-23(20(19)2)27-24(28(33)21-11-5-3-6-12-21)16-30(18-26(31)32)17-25(27)29(34)22-13-7-4-8-14-22/h3-15,24-25,27H,16-18H2,1-2H3,(H,31,32)/t24-,25+,27+. The summed E-state index contributed by atoms with van der Waals surface area (Å²) in [6.45, 7) is 4.42. The van der Waals surface area contributed by atoms with Crippen molar-refractivity contribution < 1.29 is 19.5 Å². The third kappa shape index (κ3) is 4.85. The number of benzene rings is 3. The Morgan fingerprint density at radius 2 is 1.26 bits per heavy atom. The zero-order valence-electron chi connectivity index (χ0n) is 19.5. The molecular formula is C29H29NO4. The number of hydrogen-bond acceptors (Lipinski definition) is 4. The molecule has 0 saturated carbocycles. The number of carboxylic acids is 1. The predicted octanol–water partition coefficient (Wildman–Crippen LogP) is 4.79. The van der Waals surface area contributed by atoms with Gasteiger partial charge in [-0.05, 0) is 30.5 Å². The molecule has 1 heterocycles. The van der Waals surface area contributed by atoms with Crippen molar-refractivity contribution in [2.75, 3.05) is 19.6 Å². The lowest BCUT2D eigenvalue weighted by Gasteiger charge is -2.43. The summed E-state index contributed by atoms with van der Waals surface area (Å²) in [4.78, 5) is 41.0. The van der Waals surface area contributed by atoms with E-state index >= 15 is 0 Å². The van der Waals surface area contributed by atoms with Gasteiger partial charge in [0.05, 0.1) is 6.54 Å². The van der Waals surface area contributed by atoms with Crippen molar-refractivity contribution in [3.63, 3.8) is 0 Å². The van der Waals surface area contributed by atoms with E-state index in [1.807, 2.05) is 68.4 Å². The maximum atomic E-state index is 13.8. The molecule has 34 heavy (non-hydrogen) atoms. The number of Topliss-reactive ketones (excluding diaryl/α,β-unsaturated/α-hetero) is 2. The minimum absolute atomic E-state index is 0.0625. The monoisotopic (exact) mass is 455 g/mol. The number of aryl methyl sites for hydroxylation is 1. The second-order valence-corrected chi connectivity index (χ2v) is 9.08. The van der Waals surface area contributed by atoms with Gasteiger partial charge < -0.3 is 5.11 Å². The SMILES string of the molecule is Cc1cccc([C@@H]2[C@@H](C(=O)c3ccccc3)CN(CC(=O)O)C[C@H]2C(=O)c2ccccc2)c1C. The molecule has 0 spiro atoms. The van der Waals surface area contributed by atoms with Gasteiger partial charge in [-0.3, -0.25) is 19.3 Å². The Morgan fingerprint density at radius 3 is 1.74 bits per heavy atom. The van der Waals surface area contributed by atoms with Crippen molar-refractivity contribution in [1.29, 1.82) is 0 Å². The van der Waals surface area contributed by atoms with Crippen LogP contribution in [0.4, 0.5) is 0 Å². The summed E-state index contributed by atoms with van der Waals surface area (Å²) in [6.07, 6.45) is 0. The Labute approximate surface area is 200 Å². The number of hydrogen-bond donors (Lipinski definition) is 1. The molecular weight excluding hydrogens is 426 g/mol. The summed E-state index contributed by atoms with van der Waals surface area (Å²) in [7, 11) is 0. The second kappa shape index (κ2) is 10.1.